The average Bonchev–Trinajstić information content (AvgIpc) is 2.99. The van der Waals surface area contributed by atoms with Crippen LogP contribution in [0.5, 0.6) is 11.5 Å². The summed E-state index contributed by atoms with van der Waals surface area (Å²) in [6.07, 6.45) is 3.01. The molecule has 2 rings (SSSR count). The van der Waals surface area contributed by atoms with Crippen LogP contribution in [0.15, 0.2) is 23.2 Å². The summed E-state index contributed by atoms with van der Waals surface area (Å²) in [6.45, 7) is 10.9. The molecule has 1 amide bonds. The first-order valence-electron chi connectivity index (χ1n) is 11.4. The Morgan fingerprint density at radius 3 is 2.69 bits per heavy atom. The molecule has 0 bridgehead atoms. The largest absolute Gasteiger partial charge is 0.490 e. The zero-order valence-electron chi connectivity index (χ0n) is 19.6. The highest BCUT2D eigenvalue weighted by Gasteiger charge is 2.11. The SMILES string of the molecule is CCCNC(=O)CCNC(=NCCCOCC(C)C)Nc1ccc2c(c1)OCCCO2.I. The molecule has 32 heavy (non-hydrogen) atoms. The molecule has 0 saturated carbocycles. The van der Waals surface area contributed by atoms with E-state index in [4.69, 9.17) is 14.2 Å². The van der Waals surface area contributed by atoms with Gasteiger partial charge >= 0.3 is 0 Å². The lowest BCUT2D eigenvalue weighted by atomic mass is 10.2. The second-order valence-electron chi connectivity index (χ2n) is 7.92. The van der Waals surface area contributed by atoms with Crippen molar-refractivity contribution in [2.45, 2.75) is 46.5 Å². The second-order valence-corrected chi connectivity index (χ2v) is 7.92. The van der Waals surface area contributed by atoms with E-state index in [0.717, 1.165) is 43.1 Å². The molecule has 8 nitrogen and oxygen atoms in total. The van der Waals surface area contributed by atoms with Crippen molar-refractivity contribution < 1.29 is 19.0 Å². The first kappa shape index (κ1) is 28.3. The summed E-state index contributed by atoms with van der Waals surface area (Å²) in [6, 6.07) is 5.75. The van der Waals surface area contributed by atoms with E-state index in [0.29, 0.717) is 57.8 Å². The van der Waals surface area contributed by atoms with Gasteiger partial charge < -0.3 is 30.2 Å². The summed E-state index contributed by atoms with van der Waals surface area (Å²) in [7, 11) is 0. The number of guanidine groups is 1. The Bertz CT molecular complexity index is 701. The minimum Gasteiger partial charge on any atom is -0.490 e. The topological polar surface area (TPSA) is 93.2 Å². The van der Waals surface area contributed by atoms with Crippen molar-refractivity contribution in [1.29, 1.82) is 0 Å². The lowest BCUT2D eigenvalue weighted by Crippen LogP contribution is -2.35. The maximum Gasteiger partial charge on any atom is 0.221 e. The number of hydrogen-bond donors (Lipinski definition) is 3. The van der Waals surface area contributed by atoms with Crippen molar-refractivity contribution in [1.82, 2.24) is 10.6 Å². The van der Waals surface area contributed by atoms with Gasteiger partial charge in [0.15, 0.2) is 17.5 Å². The standard InChI is InChI=1S/C23H38N4O4.HI/c1-4-10-24-22(28)9-12-26-23(25-11-5-13-29-17-18(2)3)27-19-7-8-20-21(16-19)31-15-6-14-30-20;/h7-8,16,18H,4-6,9-15,17H2,1-3H3,(H,24,28)(H2,25,26,27);1H. The van der Waals surface area contributed by atoms with E-state index < -0.39 is 0 Å². The summed E-state index contributed by atoms with van der Waals surface area (Å²) in [5, 5.41) is 9.43. The molecule has 3 N–H and O–H groups in total. The molecule has 0 unspecified atom stereocenters. The average molecular weight is 562 g/mol. The molecule has 1 heterocycles. The molecule has 0 saturated heterocycles. The Kier molecular flexibility index (Phi) is 14.9. The van der Waals surface area contributed by atoms with Crippen LogP contribution in [0.25, 0.3) is 0 Å². The number of fused-ring (bicyclic) bond motifs is 1. The first-order valence-corrected chi connectivity index (χ1v) is 11.4. The van der Waals surface area contributed by atoms with Gasteiger partial charge in [0.05, 0.1) is 13.2 Å². The number of anilines is 1. The predicted octanol–water partition coefficient (Wildman–Crippen LogP) is 3.80. The maximum atomic E-state index is 11.9. The van der Waals surface area contributed by atoms with Crippen LogP contribution in [0, 0.1) is 5.92 Å². The third-order valence-electron chi connectivity index (χ3n) is 4.39. The number of ether oxygens (including phenoxy) is 3. The Hall–Kier alpha value is -1.75. The van der Waals surface area contributed by atoms with E-state index in [-0.39, 0.29) is 29.9 Å². The van der Waals surface area contributed by atoms with Crippen LogP contribution in [0.4, 0.5) is 5.69 Å². The van der Waals surface area contributed by atoms with Gasteiger partial charge in [0, 0.05) is 57.4 Å². The van der Waals surface area contributed by atoms with Crippen LogP contribution >= 0.6 is 24.0 Å². The van der Waals surface area contributed by atoms with Gasteiger partial charge in [-0.15, -0.1) is 24.0 Å². The van der Waals surface area contributed by atoms with E-state index in [1.165, 1.54) is 0 Å². The lowest BCUT2D eigenvalue weighted by molar-refractivity contribution is -0.120. The number of halogens is 1. The second kappa shape index (κ2) is 16.8. The number of rotatable bonds is 12. The number of nitrogens with zero attached hydrogens (tertiary/aromatic N) is 1. The van der Waals surface area contributed by atoms with Crippen molar-refractivity contribution >= 4 is 41.5 Å². The minimum absolute atomic E-state index is 0. The van der Waals surface area contributed by atoms with Gasteiger partial charge in [-0.25, -0.2) is 0 Å². The zero-order chi connectivity index (χ0) is 22.3. The van der Waals surface area contributed by atoms with Gasteiger partial charge in [0.2, 0.25) is 5.91 Å². The molecule has 9 heteroatoms. The van der Waals surface area contributed by atoms with E-state index in [1.54, 1.807) is 0 Å². The normalized spacial score (nSPS) is 13.2. The van der Waals surface area contributed by atoms with Crippen LogP contribution in [0.1, 0.15) is 46.5 Å². The van der Waals surface area contributed by atoms with Gasteiger partial charge in [-0.05, 0) is 30.9 Å². The Balaban J connectivity index is 0.00000512. The molecule has 1 aliphatic rings. The molecule has 0 aliphatic carbocycles. The fraction of sp³-hybridized carbons (Fsp3) is 0.652. The molecular formula is C23H39IN4O4. The first-order chi connectivity index (χ1) is 15.1. The molecular weight excluding hydrogens is 523 g/mol. The quantitative estimate of drug-likeness (QED) is 0.155. The number of carbonyl (C=O) groups is 1. The van der Waals surface area contributed by atoms with Gasteiger partial charge in [-0.2, -0.15) is 0 Å². The molecule has 1 aromatic rings. The Morgan fingerprint density at radius 2 is 1.94 bits per heavy atom. The summed E-state index contributed by atoms with van der Waals surface area (Å²) in [5.74, 6) is 2.67. The predicted molar refractivity (Wildman–Crippen MR) is 140 cm³/mol. The molecule has 182 valence electrons. The van der Waals surface area contributed by atoms with Crippen LogP contribution < -0.4 is 25.4 Å². The summed E-state index contributed by atoms with van der Waals surface area (Å²) < 4.78 is 17.1. The highest BCUT2D eigenvalue weighted by molar-refractivity contribution is 14.0. The van der Waals surface area contributed by atoms with Gasteiger partial charge in [0.1, 0.15) is 0 Å². The number of aliphatic imine (C=N–C) groups is 1. The Labute approximate surface area is 209 Å². The fourth-order valence-corrected chi connectivity index (χ4v) is 2.84. The third kappa shape index (κ3) is 11.8. The van der Waals surface area contributed by atoms with E-state index in [9.17, 15) is 4.79 Å². The number of amides is 1. The lowest BCUT2D eigenvalue weighted by Gasteiger charge is -2.15. The van der Waals surface area contributed by atoms with Crippen molar-refractivity contribution in [2.24, 2.45) is 10.9 Å². The maximum absolute atomic E-state index is 11.9. The number of nitrogens with one attached hydrogen (secondary N) is 3. The summed E-state index contributed by atoms with van der Waals surface area (Å²) in [4.78, 5) is 16.5. The number of carbonyl (C=O) groups excluding carboxylic acids is 1. The van der Waals surface area contributed by atoms with Crippen LogP contribution in [-0.2, 0) is 9.53 Å². The van der Waals surface area contributed by atoms with Crippen molar-refractivity contribution in [2.75, 3.05) is 51.4 Å². The molecule has 0 radical (unpaired) electrons. The molecule has 0 spiro atoms. The van der Waals surface area contributed by atoms with Crippen LogP contribution in [0.3, 0.4) is 0 Å². The smallest absolute Gasteiger partial charge is 0.221 e. The molecule has 0 aromatic heterocycles. The third-order valence-corrected chi connectivity index (χ3v) is 4.39. The molecule has 1 aliphatic heterocycles. The summed E-state index contributed by atoms with van der Waals surface area (Å²) >= 11 is 0. The van der Waals surface area contributed by atoms with Gasteiger partial charge in [-0.3, -0.25) is 9.79 Å². The fourth-order valence-electron chi connectivity index (χ4n) is 2.84. The molecule has 0 fully saturated rings. The van der Waals surface area contributed by atoms with Gasteiger partial charge in [0.25, 0.3) is 0 Å². The van der Waals surface area contributed by atoms with Gasteiger partial charge in [-0.1, -0.05) is 20.8 Å². The highest BCUT2D eigenvalue weighted by atomic mass is 127. The van der Waals surface area contributed by atoms with Crippen LogP contribution in [0.2, 0.25) is 0 Å². The van der Waals surface area contributed by atoms with E-state index in [1.807, 2.05) is 25.1 Å². The number of benzene rings is 1. The zero-order valence-corrected chi connectivity index (χ0v) is 21.9. The van der Waals surface area contributed by atoms with Crippen molar-refractivity contribution in [3.63, 3.8) is 0 Å². The molecule has 0 atom stereocenters. The van der Waals surface area contributed by atoms with Crippen molar-refractivity contribution in [3.8, 4) is 11.5 Å². The van der Waals surface area contributed by atoms with E-state index in [2.05, 4.69) is 34.8 Å². The number of hydrogen-bond acceptors (Lipinski definition) is 5. The summed E-state index contributed by atoms with van der Waals surface area (Å²) in [5.41, 5.74) is 0.849. The van der Waals surface area contributed by atoms with Crippen LogP contribution in [-0.4, -0.2) is 57.9 Å². The monoisotopic (exact) mass is 562 g/mol. The molecule has 1 aromatic carbocycles. The Morgan fingerprint density at radius 1 is 1.16 bits per heavy atom. The van der Waals surface area contributed by atoms with E-state index >= 15 is 0 Å². The highest BCUT2D eigenvalue weighted by Crippen LogP contribution is 2.32. The minimum atomic E-state index is 0. The van der Waals surface area contributed by atoms with Crippen molar-refractivity contribution in [3.05, 3.63) is 18.2 Å².